The van der Waals surface area contributed by atoms with Crippen LogP contribution in [0.1, 0.15) is 44.1 Å². The zero-order chi connectivity index (χ0) is 11.4. The van der Waals surface area contributed by atoms with Crippen LogP contribution in [0, 0.1) is 5.92 Å². The van der Waals surface area contributed by atoms with E-state index in [9.17, 15) is 0 Å². The zero-order valence-corrected chi connectivity index (χ0v) is 10.2. The van der Waals surface area contributed by atoms with Gasteiger partial charge in [-0.1, -0.05) is 19.1 Å². The maximum atomic E-state index is 5.80. The molecule has 1 aliphatic carbocycles. The van der Waals surface area contributed by atoms with E-state index in [1.54, 1.807) is 0 Å². The second kappa shape index (κ2) is 5.35. The van der Waals surface area contributed by atoms with Crippen molar-refractivity contribution in [1.82, 2.24) is 5.32 Å². The molecule has 1 aromatic heterocycles. The Kier molecular flexibility index (Phi) is 3.83. The highest BCUT2D eigenvalue weighted by Gasteiger charge is 2.36. The van der Waals surface area contributed by atoms with Gasteiger partial charge in [0.15, 0.2) is 0 Å². The van der Waals surface area contributed by atoms with Crippen molar-refractivity contribution in [3.05, 3.63) is 35.8 Å². The van der Waals surface area contributed by atoms with E-state index in [0.29, 0.717) is 5.92 Å². The van der Waals surface area contributed by atoms with Gasteiger partial charge in [0.05, 0.1) is 6.54 Å². The molecule has 1 fully saturated rings. The summed E-state index contributed by atoms with van der Waals surface area (Å²) in [6, 6.07) is 4.24. The zero-order valence-electron chi connectivity index (χ0n) is 10.2. The molecule has 1 saturated carbocycles. The molecule has 2 nitrogen and oxygen atoms in total. The molecule has 1 aromatic rings. The highest BCUT2D eigenvalue weighted by molar-refractivity contribution is 5.17. The van der Waals surface area contributed by atoms with Crippen molar-refractivity contribution < 1.29 is 4.42 Å². The standard InChI is InChI=1S/C14H21NO/c1-3-4-5-8-15-10-12-6-7-14(16-12)13-9-11(13)2/h3-4,6-7,11,13,15H,5,8-10H2,1-2H3/b4-3+. The molecule has 1 N–H and O–H groups in total. The fourth-order valence-corrected chi connectivity index (χ4v) is 1.97. The van der Waals surface area contributed by atoms with Crippen molar-refractivity contribution in [3.8, 4) is 0 Å². The van der Waals surface area contributed by atoms with Gasteiger partial charge < -0.3 is 9.73 Å². The van der Waals surface area contributed by atoms with Crippen LogP contribution in [0.2, 0.25) is 0 Å². The molecule has 0 spiro atoms. The summed E-state index contributed by atoms with van der Waals surface area (Å²) in [6.07, 6.45) is 6.64. The summed E-state index contributed by atoms with van der Waals surface area (Å²) in [5.74, 6) is 3.76. The first-order valence-corrected chi connectivity index (χ1v) is 6.21. The van der Waals surface area contributed by atoms with Crippen LogP contribution < -0.4 is 5.32 Å². The summed E-state index contributed by atoms with van der Waals surface area (Å²) in [4.78, 5) is 0. The van der Waals surface area contributed by atoms with Gasteiger partial charge in [0.1, 0.15) is 11.5 Å². The summed E-state index contributed by atoms with van der Waals surface area (Å²) in [5.41, 5.74) is 0. The molecule has 0 saturated heterocycles. The van der Waals surface area contributed by atoms with E-state index in [1.165, 1.54) is 12.2 Å². The third kappa shape index (κ3) is 2.99. The Morgan fingerprint density at radius 1 is 1.50 bits per heavy atom. The Labute approximate surface area is 97.7 Å². The molecule has 0 bridgehead atoms. The van der Waals surface area contributed by atoms with E-state index < -0.39 is 0 Å². The minimum atomic E-state index is 0.691. The van der Waals surface area contributed by atoms with Crippen molar-refractivity contribution >= 4 is 0 Å². The summed E-state index contributed by atoms with van der Waals surface area (Å²) in [7, 11) is 0. The second-order valence-corrected chi connectivity index (χ2v) is 4.66. The van der Waals surface area contributed by atoms with Crippen molar-refractivity contribution in [2.45, 2.75) is 39.2 Å². The Balaban J connectivity index is 1.71. The van der Waals surface area contributed by atoms with Gasteiger partial charge in [-0.05, 0) is 44.4 Å². The van der Waals surface area contributed by atoms with E-state index in [0.717, 1.165) is 31.2 Å². The average Bonchev–Trinajstić information content (AvgIpc) is 2.83. The lowest BCUT2D eigenvalue weighted by Crippen LogP contribution is -2.13. The van der Waals surface area contributed by atoms with Gasteiger partial charge in [-0.3, -0.25) is 0 Å². The molecular formula is C14H21NO. The Bertz CT molecular complexity index is 353. The third-order valence-electron chi connectivity index (χ3n) is 3.18. The molecule has 0 aromatic carbocycles. The number of hydrogen-bond acceptors (Lipinski definition) is 2. The van der Waals surface area contributed by atoms with Crippen LogP contribution >= 0.6 is 0 Å². The summed E-state index contributed by atoms with van der Waals surface area (Å²) < 4.78 is 5.80. The lowest BCUT2D eigenvalue weighted by molar-refractivity contribution is 0.445. The van der Waals surface area contributed by atoms with Gasteiger partial charge in [-0.15, -0.1) is 0 Å². The molecule has 2 heteroatoms. The first kappa shape index (κ1) is 11.5. The predicted molar refractivity (Wildman–Crippen MR) is 66.4 cm³/mol. The van der Waals surface area contributed by atoms with Gasteiger partial charge in [0, 0.05) is 5.92 Å². The molecule has 88 valence electrons. The number of nitrogens with one attached hydrogen (secondary N) is 1. The number of furan rings is 1. The summed E-state index contributed by atoms with van der Waals surface area (Å²) in [6.45, 7) is 6.19. The molecule has 1 heterocycles. The lowest BCUT2D eigenvalue weighted by Gasteiger charge is -1.99. The minimum absolute atomic E-state index is 0.691. The SMILES string of the molecule is C/C=C/CCNCc1ccc(C2CC2C)o1. The number of hydrogen-bond donors (Lipinski definition) is 1. The quantitative estimate of drug-likeness (QED) is 0.585. The molecule has 16 heavy (non-hydrogen) atoms. The topological polar surface area (TPSA) is 25.2 Å². The van der Waals surface area contributed by atoms with Crippen LogP contribution in [0.5, 0.6) is 0 Å². The van der Waals surface area contributed by atoms with Crippen LogP contribution in [0.3, 0.4) is 0 Å². The van der Waals surface area contributed by atoms with Crippen molar-refractivity contribution in [3.63, 3.8) is 0 Å². The van der Waals surface area contributed by atoms with Gasteiger partial charge in [0.25, 0.3) is 0 Å². The molecule has 0 amide bonds. The molecule has 0 radical (unpaired) electrons. The van der Waals surface area contributed by atoms with Gasteiger partial charge >= 0.3 is 0 Å². The lowest BCUT2D eigenvalue weighted by atomic mass is 10.3. The third-order valence-corrected chi connectivity index (χ3v) is 3.18. The normalized spacial score (nSPS) is 24.1. The van der Waals surface area contributed by atoms with Crippen LogP contribution in [-0.2, 0) is 6.54 Å². The minimum Gasteiger partial charge on any atom is -0.464 e. The molecule has 1 aliphatic rings. The van der Waals surface area contributed by atoms with E-state index >= 15 is 0 Å². The van der Waals surface area contributed by atoms with Gasteiger partial charge in [-0.2, -0.15) is 0 Å². The van der Waals surface area contributed by atoms with Crippen molar-refractivity contribution in [2.75, 3.05) is 6.54 Å². The number of allylic oxidation sites excluding steroid dienone is 1. The Hall–Kier alpha value is -1.02. The first-order valence-electron chi connectivity index (χ1n) is 6.21. The largest absolute Gasteiger partial charge is 0.464 e. The van der Waals surface area contributed by atoms with Crippen LogP contribution in [0.15, 0.2) is 28.7 Å². The molecule has 2 rings (SSSR count). The van der Waals surface area contributed by atoms with Gasteiger partial charge in [-0.25, -0.2) is 0 Å². The second-order valence-electron chi connectivity index (χ2n) is 4.66. The average molecular weight is 219 g/mol. The highest BCUT2D eigenvalue weighted by Crippen LogP contribution is 2.47. The predicted octanol–water partition coefficient (Wildman–Crippen LogP) is 3.46. The summed E-state index contributed by atoms with van der Waals surface area (Å²) >= 11 is 0. The highest BCUT2D eigenvalue weighted by atomic mass is 16.3. The van der Waals surface area contributed by atoms with E-state index in [4.69, 9.17) is 4.42 Å². The van der Waals surface area contributed by atoms with Crippen LogP contribution in [0.4, 0.5) is 0 Å². The maximum absolute atomic E-state index is 5.80. The number of rotatable bonds is 6. The molecular weight excluding hydrogens is 198 g/mol. The monoisotopic (exact) mass is 219 g/mol. The van der Waals surface area contributed by atoms with E-state index in [1.807, 2.05) is 0 Å². The molecule has 2 unspecified atom stereocenters. The molecule has 2 atom stereocenters. The van der Waals surface area contributed by atoms with Crippen LogP contribution in [-0.4, -0.2) is 6.54 Å². The van der Waals surface area contributed by atoms with Gasteiger partial charge in [0.2, 0.25) is 0 Å². The molecule has 0 aliphatic heterocycles. The Morgan fingerprint density at radius 2 is 2.31 bits per heavy atom. The maximum Gasteiger partial charge on any atom is 0.117 e. The fourth-order valence-electron chi connectivity index (χ4n) is 1.97. The smallest absolute Gasteiger partial charge is 0.117 e. The van der Waals surface area contributed by atoms with Crippen molar-refractivity contribution in [2.24, 2.45) is 5.92 Å². The van der Waals surface area contributed by atoms with Crippen molar-refractivity contribution in [1.29, 1.82) is 0 Å². The van der Waals surface area contributed by atoms with Crippen LogP contribution in [0.25, 0.3) is 0 Å². The first-order chi connectivity index (χ1) is 7.81. The fraction of sp³-hybridized carbons (Fsp3) is 0.571. The van der Waals surface area contributed by atoms with E-state index in [2.05, 4.69) is 43.4 Å². The Morgan fingerprint density at radius 3 is 3.00 bits per heavy atom. The van der Waals surface area contributed by atoms with E-state index in [-0.39, 0.29) is 0 Å². The summed E-state index contributed by atoms with van der Waals surface area (Å²) in [5, 5.41) is 3.38.